The van der Waals surface area contributed by atoms with E-state index in [2.05, 4.69) is 29.0 Å². The standard InChI is InChI=1S/C21H25N3O5/c1-20(2,22)17(19(27)24-29)23-18(26)16-8-6-14(7-9-16)5-3-4-10-21(28)11-15(12-21)13-25/h6-9,15,17,25,28-29H,11-13,22H2,1-2H3,(H,23,26)(H,24,27)/t15?,17-,21?/m1/s1. The second-order valence-electron chi connectivity index (χ2n) is 7.77. The van der Waals surface area contributed by atoms with Gasteiger partial charge in [0.05, 0.1) is 0 Å². The average molecular weight is 399 g/mol. The van der Waals surface area contributed by atoms with Crippen LogP contribution in [0.5, 0.6) is 0 Å². The van der Waals surface area contributed by atoms with Gasteiger partial charge in [0.15, 0.2) is 0 Å². The molecular weight excluding hydrogens is 374 g/mol. The van der Waals surface area contributed by atoms with Gasteiger partial charge in [0.25, 0.3) is 11.8 Å². The molecule has 2 amide bonds. The number of aliphatic hydroxyl groups excluding tert-OH is 1. The highest BCUT2D eigenvalue weighted by Gasteiger charge is 2.40. The van der Waals surface area contributed by atoms with Crippen molar-refractivity contribution in [3.8, 4) is 23.7 Å². The summed E-state index contributed by atoms with van der Waals surface area (Å²) in [6.45, 7) is 3.15. The molecule has 0 radical (unpaired) electrons. The maximum Gasteiger partial charge on any atom is 0.267 e. The van der Waals surface area contributed by atoms with Gasteiger partial charge in [-0.25, -0.2) is 5.48 Å². The van der Waals surface area contributed by atoms with Crippen LogP contribution in [0, 0.1) is 29.6 Å². The SMILES string of the molecule is CC(C)(N)[C@H](NC(=O)c1ccc(C#CC#CC2(O)CC(CO)C2)cc1)C(=O)NO. The quantitative estimate of drug-likeness (QED) is 0.224. The summed E-state index contributed by atoms with van der Waals surface area (Å²) in [7, 11) is 0. The number of hydroxylamine groups is 1. The smallest absolute Gasteiger partial charge is 0.267 e. The van der Waals surface area contributed by atoms with Gasteiger partial charge in [-0.05, 0) is 68.7 Å². The van der Waals surface area contributed by atoms with Gasteiger partial charge in [0.2, 0.25) is 0 Å². The van der Waals surface area contributed by atoms with Crippen LogP contribution in [0.15, 0.2) is 24.3 Å². The molecule has 1 saturated carbocycles. The Morgan fingerprint density at radius 2 is 1.90 bits per heavy atom. The van der Waals surface area contributed by atoms with Crippen LogP contribution in [0.2, 0.25) is 0 Å². The lowest BCUT2D eigenvalue weighted by Gasteiger charge is -2.38. The van der Waals surface area contributed by atoms with Crippen LogP contribution in [0.25, 0.3) is 0 Å². The van der Waals surface area contributed by atoms with Crippen LogP contribution in [0.3, 0.4) is 0 Å². The fourth-order valence-corrected chi connectivity index (χ4v) is 2.95. The molecule has 1 fully saturated rings. The molecule has 1 aliphatic rings. The summed E-state index contributed by atoms with van der Waals surface area (Å²) < 4.78 is 0. The lowest BCUT2D eigenvalue weighted by atomic mass is 9.72. The van der Waals surface area contributed by atoms with Crippen molar-refractivity contribution in [1.82, 2.24) is 10.8 Å². The Morgan fingerprint density at radius 3 is 2.41 bits per heavy atom. The maximum absolute atomic E-state index is 12.4. The first-order valence-electron chi connectivity index (χ1n) is 9.08. The van der Waals surface area contributed by atoms with Crippen LogP contribution in [0.1, 0.15) is 42.6 Å². The van der Waals surface area contributed by atoms with E-state index < -0.39 is 29.0 Å². The van der Waals surface area contributed by atoms with Gasteiger partial charge in [-0.15, -0.1) is 0 Å². The van der Waals surface area contributed by atoms with E-state index in [1.165, 1.54) is 17.6 Å². The Morgan fingerprint density at radius 1 is 1.28 bits per heavy atom. The molecule has 7 N–H and O–H groups in total. The number of rotatable bonds is 5. The lowest BCUT2D eigenvalue weighted by Crippen LogP contribution is -2.61. The summed E-state index contributed by atoms with van der Waals surface area (Å²) in [6.07, 6.45) is 0.883. The first kappa shape index (κ1) is 22.4. The van der Waals surface area contributed by atoms with Gasteiger partial charge in [0, 0.05) is 23.3 Å². The molecule has 0 aliphatic heterocycles. The molecule has 8 heteroatoms. The number of benzene rings is 1. The Hall–Kier alpha value is -2.88. The van der Waals surface area contributed by atoms with Crippen LogP contribution >= 0.6 is 0 Å². The van der Waals surface area contributed by atoms with E-state index in [1.54, 1.807) is 26.0 Å². The zero-order chi connectivity index (χ0) is 21.7. The first-order valence-corrected chi connectivity index (χ1v) is 9.08. The van der Waals surface area contributed by atoms with Crippen molar-refractivity contribution in [1.29, 1.82) is 0 Å². The first-order chi connectivity index (χ1) is 13.6. The average Bonchev–Trinajstić information content (AvgIpc) is 2.66. The monoisotopic (exact) mass is 399 g/mol. The van der Waals surface area contributed by atoms with E-state index in [9.17, 15) is 14.7 Å². The van der Waals surface area contributed by atoms with Crippen molar-refractivity contribution >= 4 is 11.8 Å². The third-order valence-electron chi connectivity index (χ3n) is 4.61. The highest BCUT2D eigenvalue weighted by atomic mass is 16.5. The summed E-state index contributed by atoms with van der Waals surface area (Å²) >= 11 is 0. The largest absolute Gasteiger partial charge is 0.396 e. The van der Waals surface area contributed by atoms with Gasteiger partial charge in [-0.2, -0.15) is 0 Å². The minimum Gasteiger partial charge on any atom is -0.396 e. The van der Waals surface area contributed by atoms with E-state index in [0.717, 1.165) is 0 Å². The van der Waals surface area contributed by atoms with Crippen LogP contribution in [-0.2, 0) is 4.79 Å². The number of nitrogens with two attached hydrogens (primary N) is 1. The number of amides is 2. The Labute approximate surface area is 169 Å². The van der Waals surface area contributed by atoms with Crippen LogP contribution in [0.4, 0.5) is 0 Å². The molecular formula is C21H25N3O5. The summed E-state index contributed by atoms with van der Waals surface area (Å²) in [5.74, 6) is 9.53. The summed E-state index contributed by atoms with van der Waals surface area (Å²) in [5, 5.41) is 30.3. The molecule has 154 valence electrons. The molecule has 0 unspecified atom stereocenters. The van der Waals surface area contributed by atoms with Crippen molar-refractivity contribution in [2.24, 2.45) is 11.7 Å². The molecule has 0 aromatic heterocycles. The van der Waals surface area contributed by atoms with Crippen LogP contribution < -0.4 is 16.5 Å². The van der Waals surface area contributed by atoms with Gasteiger partial charge in [-0.1, -0.05) is 11.8 Å². The lowest BCUT2D eigenvalue weighted by molar-refractivity contribution is -0.132. The summed E-state index contributed by atoms with van der Waals surface area (Å²) in [4.78, 5) is 24.1. The Bertz CT molecular complexity index is 875. The molecule has 8 nitrogen and oxygen atoms in total. The number of aliphatic hydroxyl groups is 2. The van der Waals surface area contributed by atoms with E-state index >= 15 is 0 Å². The van der Waals surface area contributed by atoms with E-state index in [-0.39, 0.29) is 12.5 Å². The topological polar surface area (TPSA) is 145 Å². The summed E-state index contributed by atoms with van der Waals surface area (Å²) in [5.41, 5.74) is 6.13. The van der Waals surface area contributed by atoms with Crippen LogP contribution in [-0.4, -0.2) is 51.0 Å². The number of hydrogen-bond acceptors (Lipinski definition) is 6. The highest BCUT2D eigenvalue weighted by Crippen LogP contribution is 2.36. The second kappa shape index (κ2) is 9.08. The van der Waals surface area contributed by atoms with E-state index in [1.807, 2.05) is 0 Å². The predicted molar refractivity (Wildman–Crippen MR) is 105 cm³/mol. The van der Waals surface area contributed by atoms with Crippen molar-refractivity contribution in [3.63, 3.8) is 0 Å². The van der Waals surface area contributed by atoms with Gasteiger partial charge < -0.3 is 21.3 Å². The van der Waals surface area contributed by atoms with Crippen molar-refractivity contribution in [3.05, 3.63) is 35.4 Å². The van der Waals surface area contributed by atoms with Crippen molar-refractivity contribution in [2.75, 3.05) is 6.61 Å². The minimum absolute atomic E-state index is 0.0454. The fraction of sp³-hybridized carbons (Fsp3) is 0.429. The third kappa shape index (κ3) is 6.05. The van der Waals surface area contributed by atoms with E-state index in [0.29, 0.717) is 24.0 Å². The number of hydrogen-bond donors (Lipinski definition) is 6. The normalized spacial score (nSPS) is 21.4. The molecule has 0 saturated heterocycles. The molecule has 0 spiro atoms. The molecule has 1 aliphatic carbocycles. The van der Waals surface area contributed by atoms with Gasteiger partial charge in [0.1, 0.15) is 11.6 Å². The molecule has 0 bridgehead atoms. The number of carbonyl (C=O) groups excluding carboxylic acids is 2. The predicted octanol–water partition coefficient (Wildman–Crippen LogP) is -0.484. The Kier molecular flexibility index (Phi) is 7.02. The number of carbonyl (C=O) groups is 2. The number of nitrogens with one attached hydrogen (secondary N) is 2. The van der Waals surface area contributed by atoms with E-state index in [4.69, 9.17) is 16.0 Å². The molecule has 29 heavy (non-hydrogen) atoms. The molecule has 1 aromatic carbocycles. The zero-order valence-electron chi connectivity index (χ0n) is 16.3. The molecule has 1 atom stereocenters. The zero-order valence-corrected chi connectivity index (χ0v) is 16.3. The van der Waals surface area contributed by atoms with Crippen molar-refractivity contribution < 1.29 is 25.0 Å². The summed E-state index contributed by atoms with van der Waals surface area (Å²) in [6, 6.07) is 5.19. The molecule has 1 aromatic rings. The second-order valence-corrected chi connectivity index (χ2v) is 7.77. The maximum atomic E-state index is 12.4. The molecule has 0 heterocycles. The third-order valence-corrected chi connectivity index (χ3v) is 4.61. The Balaban J connectivity index is 2.00. The molecule has 2 rings (SSSR count). The minimum atomic E-state index is -1.13. The fourth-order valence-electron chi connectivity index (χ4n) is 2.95. The highest BCUT2D eigenvalue weighted by molar-refractivity contribution is 5.97. The van der Waals surface area contributed by atoms with Gasteiger partial charge >= 0.3 is 0 Å². The van der Waals surface area contributed by atoms with Gasteiger partial charge in [-0.3, -0.25) is 14.8 Å². The van der Waals surface area contributed by atoms with Crippen molar-refractivity contribution in [2.45, 2.75) is 43.9 Å².